The van der Waals surface area contributed by atoms with Crippen molar-refractivity contribution in [1.82, 2.24) is 4.98 Å². The second kappa shape index (κ2) is 7.08. The van der Waals surface area contributed by atoms with Crippen molar-refractivity contribution in [1.29, 1.82) is 0 Å². The first kappa shape index (κ1) is 18.2. The minimum absolute atomic E-state index is 0.0371. The van der Waals surface area contributed by atoms with Gasteiger partial charge in [0.1, 0.15) is 0 Å². The topological polar surface area (TPSA) is 59.5 Å². The summed E-state index contributed by atoms with van der Waals surface area (Å²) in [6, 6.07) is 17.0. The number of carbonyl (C=O) groups excluding carboxylic acids is 2. The van der Waals surface area contributed by atoms with Gasteiger partial charge in [0, 0.05) is 22.8 Å². The van der Waals surface area contributed by atoms with Crippen LogP contribution in [0.5, 0.6) is 0 Å². The molecule has 0 spiro atoms. The molecule has 1 aromatic heterocycles. The highest BCUT2D eigenvalue weighted by atomic mass is 16.5. The molecule has 2 heterocycles. The quantitative estimate of drug-likeness (QED) is 0.649. The Labute approximate surface area is 163 Å². The summed E-state index contributed by atoms with van der Waals surface area (Å²) in [7, 11) is 0. The summed E-state index contributed by atoms with van der Waals surface area (Å²) >= 11 is 0. The number of amides is 1. The summed E-state index contributed by atoms with van der Waals surface area (Å²) in [5, 5.41) is 0.720. The molecule has 0 radical (unpaired) electrons. The number of hydrogen-bond acceptors (Lipinski definition) is 4. The van der Waals surface area contributed by atoms with Gasteiger partial charge in [0.15, 0.2) is 6.10 Å². The third-order valence-electron chi connectivity index (χ3n) is 5.14. The van der Waals surface area contributed by atoms with Crippen LogP contribution in [-0.4, -0.2) is 29.0 Å². The van der Waals surface area contributed by atoms with Crippen LogP contribution in [0.2, 0.25) is 0 Å². The van der Waals surface area contributed by atoms with E-state index in [1.807, 2.05) is 62.4 Å². The maximum absolute atomic E-state index is 13.1. The Morgan fingerprint density at radius 1 is 1.14 bits per heavy atom. The maximum Gasteiger partial charge on any atom is 0.339 e. The van der Waals surface area contributed by atoms with E-state index < -0.39 is 12.1 Å². The van der Waals surface area contributed by atoms with Crippen LogP contribution in [0.15, 0.2) is 54.6 Å². The van der Waals surface area contributed by atoms with Gasteiger partial charge in [-0.1, -0.05) is 36.4 Å². The summed E-state index contributed by atoms with van der Waals surface area (Å²) in [4.78, 5) is 32.1. The van der Waals surface area contributed by atoms with Gasteiger partial charge < -0.3 is 9.64 Å². The van der Waals surface area contributed by atoms with Gasteiger partial charge >= 0.3 is 5.97 Å². The molecular weight excluding hydrogens is 352 g/mol. The first-order chi connectivity index (χ1) is 13.5. The van der Waals surface area contributed by atoms with Crippen molar-refractivity contribution in [2.45, 2.75) is 39.3 Å². The van der Waals surface area contributed by atoms with E-state index in [-0.39, 0.29) is 11.9 Å². The number of hydrogen-bond donors (Lipinski definition) is 0. The van der Waals surface area contributed by atoms with Crippen molar-refractivity contribution in [3.63, 3.8) is 0 Å². The fraction of sp³-hybridized carbons (Fsp3) is 0.261. The van der Waals surface area contributed by atoms with Crippen LogP contribution >= 0.6 is 0 Å². The molecule has 1 aliphatic rings. The Kier molecular flexibility index (Phi) is 4.59. The number of aryl methyl sites for hydroxylation is 1. The predicted molar refractivity (Wildman–Crippen MR) is 108 cm³/mol. The van der Waals surface area contributed by atoms with Crippen LogP contribution < -0.4 is 4.90 Å². The van der Waals surface area contributed by atoms with Gasteiger partial charge in [-0.05, 0) is 51.0 Å². The van der Waals surface area contributed by atoms with Gasteiger partial charge in [-0.3, -0.25) is 9.78 Å². The Hall–Kier alpha value is -3.21. The molecule has 0 aliphatic carbocycles. The molecule has 0 saturated carbocycles. The number of para-hydroxylation sites is 2. The van der Waals surface area contributed by atoms with Gasteiger partial charge in [0.25, 0.3) is 5.91 Å². The lowest BCUT2D eigenvalue weighted by atomic mass is 10.1. The van der Waals surface area contributed by atoms with E-state index in [0.717, 1.165) is 34.3 Å². The second-order valence-electron chi connectivity index (χ2n) is 7.27. The van der Waals surface area contributed by atoms with Crippen LogP contribution in [0, 0.1) is 6.92 Å². The van der Waals surface area contributed by atoms with Crippen LogP contribution in [0.4, 0.5) is 5.69 Å². The minimum atomic E-state index is -0.881. The number of esters is 1. The number of aromatic nitrogens is 1. The van der Waals surface area contributed by atoms with E-state index in [0.29, 0.717) is 5.56 Å². The van der Waals surface area contributed by atoms with Crippen molar-refractivity contribution in [3.8, 4) is 0 Å². The summed E-state index contributed by atoms with van der Waals surface area (Å²) in [5.41, 5.74) is 3.92. The minimum Gasteiger partial charge on any atom is -0.449 e. The summed E-state index contributed by atoms with van der Waals surface area (Å²) < 4.78 is 5.58. The molecule has 2 atom stereocenters. The predicted octanol–water partition coefficient (Wildman–Crippen LogP) is 4.07. The van der Waals surface area contributed by atoms with Crippen molar-refractivity contribution in [2.24, 2.45) is 0 Å². The Bertz CT molecular complexity index is 1080. The molecule has 2 aromatic carbocycles. The third kappa shape index (κ3) is 3.13. The van der Waals surface area contributed by atoms with Crippen LogP contribution in [-0.2, 0) is 16.0 Å². The highest BCUT2D eigenvalue weighted by Crippen LogP contribution is 2.32. The van der Waals surface area contributed by atoms with E-state index in [1.54, 1.807) is 17.9 Å². The Balaban J connectivity index is 1.58. The molecule has 1 aliphatic heterocycles. The average Bonchev–Trinajstić information content (AvgIpc) is 3.02. The van der Waals surface area contributed by atoms with E-state index in [9.17, 15) is 9.59 Å². The molecule has 3 aromatic rings. The van der Waals surface area contributed by atoms with Crippen LogP contribution in [0.25, 0.3) is 10.9 Å². The first-order valence-electron chi connectivity index (χ1n) is 9.44. The van der Waals surface area contributed by atoms with Crippen molar-refractivity contribution in [3.05, 3.63) is 71.4 Å². The van der Waals surface area contributed by atoms with Gasteiger partial charge in [0.05, 0.1) is 11.1 Å². The van der Waals surface area contributed by atoms with Crippen LogP contribution in [0.1, 0.15) is 35.5 Å². The molecule has 1 amide bonds. The molecular formula is C23H22N2O3. The third-order valence-corrected chi connectivity index (χ3v) is 5.14. The number of benzene rings is 2. The van der Waals surface area contributed by atoms with E-state index >= 15 is 0 Å². The van der Waals surface area contributed by atoms with Crippen molar-refractivity contribution in [2.75, 3.05) is 4.90 Å². The zero-order chi connectivity index (χ0) is 19.8. The van der Waals surface area contributed by atoms with Crippen molar-refractivity contribution < 1.29 is 14.3 Å². The lowest BCUT2D eigenvalue weighted by Crippen LogP contribution is -2.43. The van der Waals surface area contributed by atoms with E-state index in [4.69, 9.17) is 4.74 Å². The lowest BCUT2D eigenvalue weighted by molar-refractivity contribution is -0.126. The second-order valence-corrected chi connectivity index (χ2v) is 7.27. The number of carbonyl (C=O) groups is 2. The molecule has 0 unspecified atom stereocenters. The number of ether oxygens (including phenoxy) is 1. The first-order valence-corrected chi connectivity index (χ1v) is 9.44. The zero-order valence-corrected chi connectivity index (χ0v) is 16.2. The Morgan fingerprint density at radius 3 is 2.68 bits per heavy atom. The summed E-state index contributed by atoms with van der Waals surface area (Å²) in [6.45, 7) is 5.47. The molecule has 0 N–H and O–H groups in total. The fourth-order valence-electron chi connectivity index (χ4n) is 3.85. The number of pyridine rings is 1. The molecule has 0 fully saturated rings. The van der Waals surface area contributed by atoms with Crippen molar-refractivity contribution >= 4 is 28.5 Å². The molecule has 28 heavy (non-hydrogen) atoms. The summed E-state index contributed by atoms with van der Waals surface area (Å²) in [5.74, 6) is -0.719. The van der Waals surface area contributed by atoms with E-state index in [1.165, 1.54) is 0 Å². The normalized spacial score (nSPS) is 16.7. The number of nitrogens with zero attached hydrogens (tertiary/aromatic N) is 2. The van der Waals surface area contributed by atoms with Gasteiger partial charge in [-0.2, -0.15) is 0 Å². The molecule has 0 saturated heterocycles. The van der Waals surface area contributed by atoms with Gasteiger partial charge in [-0.25, -0.2) is 4.79 Å². The zero-order valence-electron chi connectivity index (χ0n) is 16.2. The lowest BCUT2D eigenvalue weighted by Gasteiger charge is -2.26. The average molecular weight is 374 g/mol. The fourth-order valence-corrected chi connectivity index (χ4v) is 3.85. The molecule has 0 bridgehead atoms. The van der Waals surface area contributed by atoms with Crippen LogP contribution in [0.3, 0.4) is 0 Å². The monoisotopic (exact) mass is 374 g/mol. The SMILES string of the molecule is Cc1cc(C(=O)O[C@@H](C)C(=O)N2c3ccccc3C[C@@H]2C)c2ccccc2n1. The van der Waals surface area contributed by atoms with E-state index in [2.05, 4.69) is 4.98 Å². The number of fused-ring (bicyclic) bond motifs is 2. The highest BCUT2D eigenvalue weighted by molar-refractivity contribution is 6.05. The van der Waals surface area contributed by atoms with Gasteiger partial charge in [-0.15, -0.1) is 0 Å². The largest absolute Gasteiger partial charge is 0.449 e. The smallest absolute Gasteiger partial charge is 0.339 e. The molecule has 4 rings (SSSR count). The molecule has 142 valence electrons. The number of rotatable bonds is 3. The maximum atomic E-state index is 13.1. The number of anilines is 1. The standard InChI is InChI=1S/C23H22N2O3/c1-14-12-19(18-9-5-6-10-20(18)24-14)23(27)28-16(3)22(26)25-15(2)13-17-8-4-7-11-21(17)25/h4-12,15-16H,13H2,1-3H3/t15-,16-/m0/s1. The highest BCUT2D eigenvalue weighted by Gasteiger charge is 2.34. The summed E-state index contributed by atoms with van der Waals surface area (Å²) in [6.07, 6.45) is -0.0788. The molecule has 5 heteroatoms. The molecule has 5 nitrogen and oxygen atoms in total. The van der Waals surface area contributed by atoms with Gasteiger partial charge in [0.2, 0.25) is 0 Å². The Morgan fingerprint density at radius 2 is 1.86 bits per heavy atom.